The van der Waals surface area contributed by atoms with Crippen molar-refractivity contribution in [3.63, 3.8) is 0 Å². The molecule has 2 amide bonds. The molecule has 0 spiro atoms. The molecular weight excluding hydrogens is 360 g/mol. The number of ether oxygens (including phenoxy) is 2. The van der Waals surface area contributed by atoms with Gasteiger partial charge in [0.1, 0.15) is 11.2 Å². The van der Waals surface area contributed by atoms with Crippen molar-refractivity contribution in [1.82, 2.24) is 0 Å². The van der Waals surface area contributed by atoms with Gasteiger partial charge in [-0.05, 0) is 55.7 Å². The maximum absolute atomic E-state index is 12.8. The van der Waals surface area contributed by atoms with Gasteiger partial charge < -0.3 is 20.1 Å². The Morgan fingerprint density at radius 2 is 1.68 bits per heavy atom. The first kappa shape index (κ1) is 19.4. The lowest BCUT2D eigenvalue weighted by Gasteiger charge is -2.17. The largest absolute Gasteiger partial charge is 0.495 e. The molecule has 3 rings (SSSR count). The first-order valence-corrected chi connectivity index (χ1v) is 8.85. The van der Waals surface area contributed by atoms with Crippen molar-refractivity contribution < 1.29 is 23.9 Å². The SMILES string of the molecule is COC(=O)c1cccc(NC(=O)C2(C(=O)Nc3cc(C)ccc3OC)CC2)c1. The number of esters is 1. The van der Waals surface area contributed by atoms with Gasteiger partial charge in [-0.2, -0.15) is 0 Å². The number of benzene rings is 2. The number of carbonyl (C=O) groups excluding carboxylic acids is 3. The first-order valence-electron chi connectivity index (χ1n) is 8.85. The van der Waals surface area contributed by atoms with Crippen LogP contribution in [0.15, 0.2) is 42.5 Å². The summed E-state index contributed by atoms with van der Waals surface area (Å²) >= 11 is 0. The fourth-order valence-electron chi connectivity index (χ4n) is 2.94. The first-order chi connectivity index (χ1) is 13.4. The predicted molar refractivity (Wildman–Crippen MR) is 104 cm³/mol. The fourth-order valence-corrected chi connectivity index (χ4v) is 2.94. The second kappa shape index (κ2) is 7.72. The van der Waals surface area contributed by atoms with Crippen LogP contribution in [-0.4, -0.2) is 32.0 Å². The number of amides is 2. The van der Waals surface area contributed by atoms with Gasteiger partial charge in [0.25, 0.3) is 0 Å². The van der Waals surface area contributed by atoms with Crippen LogP contribution in [0.25, 0.3) is 0 Å². The lowest BCUT2D eigenvalue weighted by molar-refractivity contribution is -0.131. The minimum atomic E-state index is -1.13. The number of carbonyl (C=O) groups is 3. The van der Waals surface area contributed by atoms with Crippen molar-refractivity contribution in [2.75, 3.05) is 24.9 Å². The molecule has 2 aromatic carbocycles. The molecule has 2 N–H and O–H groups in total. The van der Waals surface area contributed by atoms with E-state index in [4.69, 9.17) is 4.74 Å². The standard InChI is InChI=1S/C21H22N2O5/c1-13-7-8-17(27-2)16(11-13)23-20(26)21(9-10-21)19(25)22-15-6-4-5-14(12-15)18(24)28-3/h4-8,11-12H,9-10H2,1-3H3,(H,22,25)(H,23,26). The van der Waals surface area contributed by atoms with Gasteiger partial charge in [-0.25, -0.2) is 4.79 Å². The summed E-state index contributed by atoms with van der Waals surface area (Å²) < 4.78 is 9.96. The zero-order valence-corrected chi connectivity index (χ0v) is 16.0. The van der Waals surface area contributed by atoms with Crippen LogP contribution in [0.2, 0.25) is 0 Å². The van der Waals surface area contributed by atoms with Crippen LogP contribution in [0.4, 0.5) is 11.4 Å². The van der Waals surface area contributed by atoms with E-state index in [1.54, 1.807) is 30.3 Å². The second-order valence-electron chi connectivity index (χ2n) is 6.77. The zero-order valence-electron chi connectivity index (χ0n) is 16.0. The zero-order chi connectivity index (χ0) is 20.3. The Morgan fingerprint density at radius 3 is 2.32 bits per heavy atom. The van der Waals surface area contributed by atoms with Crippen molar-refractivity contribution in [3.8, 4) is 5.75 Å². The molecule has 28 heavy (non-hydrogen) atoms. The van der Waals surface area contributed by atoms with Crippen LogP contribution in [0, 0.1) is 12.3 Å². The molecule has 0 bridgehead atoms. The molecule has 0 saturated heterocycles. The third-order valence-corrected chi connectivity index (χ3v) is 4.76. The Morgan fingerprint density at radius 1 is 0.964 bits per heavy atom. The number of hydrogen-bond donors (Lipinski definition) is 2. The Balaban J connectivity index is 1.74. The average Bonchev–Trinajstić information content (AvgIpc) is 3.50. The number of anilines is 2. The Labute approximate surface area is 163 Å². The van der Waals surface area contributed by atoms with E-state index in [2.05, 4.69) is 15.4 Å². The van der Waals surface area contributed by atoms with Gasteiger partial charge in [-0.1, -0.05) is 12.1 Å². The van der Waals surface area contributed by atoms with Crippen LogP contribution in [0.5, 0.6) is 5.75 Å². The van der Waals surface area contributed by atoms with Crippen LogP contribution < -0.4 is 15.4 Å². The van der Waals surface area contributed by atoms with E-state index >= 15 is 0 Å². The molecule has 0 radical (unpaired) electrons. The highest BCUT2D eigenvalue weighted by molar-refractivity contribution is 6.17. The molecule has 1 fully saturated rings. The van der Waals surface area contributed by atoms with Crippen molar-refractivity contribution in [3.05, 3.63) is 53.6 Å². The number of nitrogens with one attached hydrogen (secondary N) is 2. The average molecular weight is 382 g/mol. The molecule has 0 unspecified atom stereocenters. The van der Waals surface area contributed by atoms with E-state index in [0.717, 1.165) is 5.56 Å². The summed E-state index contributed by atoms with van der Waals surface area (Å²) in [6.45, 7) is 1.91. The second-order valence-corrected chi connectivity index (χ2v) is 6.77. The summed E-state index contributed by atoms with van der Waals surface area (Å²) in [5, 5.41) is 5.54. The van der Waals surface area contributed by atoms with Gasteiger partial charge in [0, 0.05) is 5.69 Å². The van der Waals surface area contributed by atoms with Crippen LogP contribution in [0.3, 0.4) is 0 Å². The lowest BCUT2D eigenvalue weighted by Crippen LogP contribution is -2.35. The third kappa shape index (κ3) is 3.83. The topological polar surface area (TPSA) is 93.7 Å². The fraction of sp³-hybridized carbons (Fsp3) is 0.286. The Hall–Kier alpha value is -3.35. The Kier molecular flexibility index (Phi) is 5.35. The van der Waals surface area contributed by atoms with E-state index in [1.165, 1.54) is 20.3 Å². The van der Waals surface area contributed by atoms with Gasteiger partial charge in [0.2, 0.25) is 11.8 Å². The third-order valence-electron chi connectivity index (χ3n) is 4.76. The van der Waals surface area contributed by atoms with Gasteiger partial charge in [0.05, 0.1) is 25.5 Å². The highest BCUT2D eigenvalue weighted by Crippen LogP contribution is 2.48. The monoisotopic (exact) mass is 382 g/mol. The smallest absolute Gasteiger partial charge is 0.337 e. The van der Waals surface area contributed by atoms with E-state index in [1.807, 2.05) is 13.0 Å². The quantitative estimate of drug-likeness (QED) is 0.591. The predicted octanol–water partition coefficient (Wildman–Crippen LogP) is 3.15. The van der Waals surface area contributed by atoms with Gasteiger partial charge in [-0.3, -0.25) is 9.59 Å². The van der Waals surface area contributed by atoms with Crippen LogP contribution >= 0.6 is 0 Å². The minimum Gasteiger partial charge on any atom is -0.495 e. The molecule has 1 aliphatic carbocycles. The minimum absolute atomic E-state index is 0.319. The summed E-state index contributed by atoms with van der Waals surface area (Å²) in [7, 11) is 2.81. The molecule has 7 nitrogen and oxygen atoms in total. The molecule has 1 saturated carbocycles. The molecule has 0 aromatic heterocycles. The summed E-state index contributed by atoms with van der Waals surface area (Å²) in [6, 6.07) is 11.8. The van der Waals surface area contributed by atoms with Crippen molar-refractivity contribution in [1.29, 1.82) is 0 Å². The number of hydrogen-bond acceptors (Lipinski definition) is 5. The van der Waals surface area contributed by atoms with E-state index in [-0.39, 0.29) is 5.91 Å². The summed E-state index contributed by atoms with van der Waals surface area (Å²) in [4.78, 5) is 37.3. The summed E-state index contributed by atoms with van der Waals surface area (Å²) in [6.07, 6.45) is 0.908. The van der Waals surface area contributed by atoms with E-state index < -0.39 is 17.3 Å². The van der Waals surface area contributed by atoms with E-state index in [9.17, 15) is 14.4 Å². The molecule has 146 valence electrons. The molecule has 0 heterocycles. The molecule has 0 atom stereocenters. The molecular formula is C21H22N2O5. The number of aryl methyl sites for hydroxylation is 1. The van der Waals surface area contributed by atoms with Crippen molar-refractivity contribution in [2.24, 2.45) is 5.41 Å². The van der Waals surface area contributed by atoms with E-state index in [0.29, 0.717) is 35.5 Å². The van der Waals surface area contributed by atoms with Crippen molar-refractivity contribution >= 4 is 29.2 Å². The van der Waals surface area contributed by atoms with Crippen LogP contribution in [-0.2, 0) is 14.3 Å². The summed E-state index contributed by atoms with van der Waals surface area (Å²) in [5.74, 6) is -0.751. The highest BCUT2D eigenvalue weighted by Gasteiger charge is 2.56. The molecule has 7 heteroatoms. The molecule has 2 aromatic rings. The van der Waals surface area contributed by atoms with Crippen LogP contribution in [0.1, 0.15) is 28.8 Å². The molecule has 1 aliphatic rings. The lowest BCUT2D eigenvalue weighted by atomic mass is 10.0. The maximum Gasteiger partial charge on any atom is 0.337 e. The van der Waals surface area contributed by atoms with Crippen molar-refractivity contribution in [2.45, 2.75) is 19.8 Å². The Bertz CT molecular complexity index is 934. The van der Waals surface area contributed by atoms with Gasteiger partial charge in [-0.15, -0.1) is 0 Å². The normalized spacial score (nSPS) is 14.0. The van der Waals surface area contributed by atoms with Gasteiger partial charge >= 0.3 is 5.97 Å². The highest BCUT2D eigenvalue weighted by atomic mass is 16.5. The molecule has 0 aliphatic heterocycles. The number of methoxy groups -OCH3 is 2. The summed E-state index contributed by atoms with van der Waals surface area (Å²) in [5.41, 5.74) is 1.11. The maximum atomic E-state index is 12.8. The number of rotatable bonds is 6. The van der Waals surface area contributed by atoms with Gasteiger partial charge in [0.15, 0.2) is 0 Å².